The minimum absolute atomic E-state index is 0.0241. The van der Waals surface area contributed by atoms with Crippen LogP contribution in [0.2, 0.25) is 0 Å². The quantitative estimate of drug-likeness (QED) is 0.806. The van der Waals surface area contributed by atoms with Crippen molar-refractivity contribution in [2.24, 2.45) is 0 Å². The largest absolute Gasteiger partial charge is 0.330 e. The van der Waals surface area contributed by atoms with Crippen molar-refractivity contribution in [3.8, 4) is 0 Å². The van der Waals surface area contributed by atoms with Crippen LogP contribution < -0.4 is 5.32 Å². The zero-order valence-corrected chi connectivity index (χ0v) is 16.9. The predicted molar refractivity (Wildman–Crippen MR) is 107 cm³/mol. The van der Waals surface area contributed by atoms with E-state index in [1.807, 2.05) is 11.8 Å². The Bertz CT molecular complexity index is 840. The summed E-state index contributed by atoms with van der Waals surface area (Å²) < 4.78 is 0. The molecule has 1 aromatic carbocycles. The third-order valence-corrected chi connectivity index (χ3v) is 5.88. The van der Waals surface area contributed by atoms with Crippen molar-refractivity contribution in [1.29, 1.82) is 0 Å². The molecule has 0 saturated heterocycles. The van der Waals surface area contributed by atoms with Gasteiger partial charge in [-0.2, -0.15) is 0 Å². The summed E-state index contributed by atoms with van der Waals surface area (Å²) >= 11 is 0. The van der Waals surface area contributed by atoms with E-state index in [0.29, 0.717) is 18.7 Å². The summed E-state index contributed by atoms with van der Waals surface area (Å²) in [6.45, 7) is 14.9. The molecule has 0 aromatic heterocycles. The molecule has 27 heavy (non-hydrogen) atoms. The highest BCUT2D eigenvalue weighted by molar-refractivity contribution is 6.01. The van der Waals surface area contributed by atoms with Gasteiger partial charge in [-0.1, -0.05) is 25.1 Å². The number of nitrogens with zero attached hydrogens (tertiary/aromatic N) is 2. The van der Waals surface area contributed by atoms with Crippen LogP contribution in [0.25, 0.3) is 0 Å². The van der Waals surface area contributed by atoms with Crippen LogP contribution in [0.5, 0.6) is 0 Å². The molecule has 1 N–H and O–H groups in total. The lowest BCUT2D eigenvalue weighted by Gasteiger charge is -2.33. The van der Waals surface area contributed by atoms with Crippen molar-refractivity contribution in [2.45, 2.75) is 53.1 Å². The second-order valence-electron chi connectivity index (χ2n) is 7.63. The topological polar surface area (TPSA) is 52.7 Å². The van der Waals surface area contributed by atoms with Crippen LogP contribution in [0.4, 0.5) is 4.79 Å². The summed E-state index contributed by atoms with van der Waals surface area (Å²) in [5.74, 6) is 0.0241. The average Bonchev–Trinajstić information content (AvgIpc) is 2.97. The maximum atomic E-state index is 13.3. The first-order valence-corrected chi connectivity index (χ1v) is 9.60. The van der Waals surface area contributed by atoms with Gasteiger partial charge in [0.2, 0.25) is 0 Å². The van der Waals surface area contributed by atoms with E-state index >= 15 is 0 Å². The van der Waals surface area contributed by atoms with Gasteiger partial charge in [0, 0.05) is 12.6 Å². The van der Waals surface area contributed by atoms with Gasteiger partial charge in [0.15, 0.2) is 0 Å². The molecule has 0 aliphatic carbocycles. The van der Waals surface area contributed by atoms with Crippen LogP contribution in [0.1, 0.15) is 48.6 Å². The van der Waals surface area contributed by atoms with Crippen LogP contribution in [0.15, 0.2) is 36.1 Å². The Morgan fingerprint density at radius 3 is 2.52 bits per heavy atom. The molecule has 1 aromatic rings. The number of rotatable bonds is 5. The molecule has 0 unspecified atom stereocenters. The fourth-order valence-electron chi connectivity index (χ4n) is 3.94. The molecule has 0 bridgehead atoms. The standard InChI is InChI=1S/C22H29N3O2/c1-7-9-24-18-12-25(16(6)8-2)21(26)19(18)20(23-22(24)27)17-11-14(4)13(3)10-15(17)5/h7,10-11,16,20H,1,8-9,12H2,2-6H3,(H,23,27)/t16-,20-/m0/s1. The van der Waals surface area contributed by atoms with Crippen LogP contribution in [0, 0.1) is 20.8 Å². The van der Waals surface area contributed by atoms with E-state index < -0.39 is 6.04 Å². The number of aryl methyl sites for hydroxylation is 3. The molecule has 3 rings (SSSR count). The highest BCUT2D eigenvalue weighted by Gasteiger charge is 2.45. The predicted octanol–water partition coefficient (Wildman–Crippen LogP) is 3.76. The molecule has 0 fully saturated rings. The number of urea groups is 1. The maximum absolute atomic E-state index is 13.3. The molecule has 0 spiro atoms. The van der Waals surface area contributed by atoms with E-state index in [1.54, 1.807) is 11.0 Å². The number of carbonyl (C=O) groups excluding carboxylic acids is 2. The van der Waals surface area contributed by atoms with Gasteiger partial charge in [-0.15, -0.1) is 6.58 Å². The summed E-state index contributed by atoms with van der Waals surface area (Å²) in [4.78, 5) is 29.7. The first-order chi connectivity index (χ1) is 12.8. The van der Waals surface area contributed by atoms with Crippen molar-refractivity contribution >= 4 is 11.9 Å². The molecular formula is C22H29N3O2. The molecule has 0 radical (unpaired) electrons. The lowest BCUT2D eigenvalue weighted by molar-refractivity contribution is -0.127. The van der Waals surface area contributed by atoms with E-state index in [4.69, 9.17) is 0 Å². The van der Waals surface area contributed by atoms with Crippen molar-refractivity contribution in [3.05, 3.63) is 58.3 Å². The van der Waals surface area contributed by atoms with Gasteiger partial charge in [0.25, 0.3) is 5.91 Å². The lowest BCUT2D eigenvalue weighted by Crippen LogP contribution is -2.47. The van der Waals surface area contributed by atoms with Crippen molar-refractivity contribution in [2.75, 3.05) is 13.1 Å². The number of benzene rings is 1. The summed E-state index contributed by atoms with van der Waals surface area (Å²) in [7, 11) is 0. The van der Waals surface area contributed by atoms with Gasteiger partial charge in [-0.05, 0) is 56.4 Å². The van der Waals surface area contributed by atoms with Gasteiger partial charge in [0.1, 0.15) is 0 Å². The second-order valence-corrected chi connectivity index (χ2v) is 7.63. The number of nitrogens with one attached hydrogen (secondary N) is 1. The Morgan fingerprint density at radius 2 is 1.89 bits per heavy atom. The number of amides is 3. The molecular weight excluding hydrogens is 338 g/mol. The molecule has 0 saturated carbocycles. The Balaban J connectivity index is 2.13. The number of carbonyl (C=O) groups is 2. The van der Waals surface area contributed by atoms with Gasteiger partial charge in [-0.3, -0.25) is 9.69 Å². The van der Waals surface area contributed by atoms with E-state index in [9.17, 15) is 9.59 Å². The molecule has 2 aliphatic rings. The van der Waals surface area contributed by atoms with Gasteiger partial charge in [-0.25, -0.2) is 4.79 Å². The Labute approximate surface area is 161 Å². The van der Waals surface area contributed by atoms with Crippen molar-refractivity contribution in [3.63, 3.8) is 0 Å². The van der Waals surface area contributed by atoms with Crippen molar-refractivity contribution < 1.29 is 9.59 Å². The fourth-order valence-corrected chi connectivity index (χ4v) is 3.94. The summed E-state index contributed by atoms with van der Waals surface area (Å²) in [6, 6.07) is 3.77. The van der Waals surface area contributed by atoms with Crippen molar-refractivity contribution in [1.82, 2.24) is 15.1 Å². The lowest BCUT2D eigenvalue weighted by atomic mass is 9.89. The smallest absolute Gasteiger partial charge is 0.322 e. The number of hydrogen-bond acceptors (Lipinski definition) is 2. The highest BCUT2D eigenvalue weighted by atomic mass is 16.2. The Kier molecular flexibility index (Phi) is 5.13. The monoisotopic (exact) mass is 367 g/mol. The van der Waals surface area contributed by atoms with E-state index in [-0.39, 0.29) is 18.0 Å². The normalized spacial score (nSPS) is 20.7. The van der Waals surface area contributed by atoms with Gasteiger partial charge < -0.3 is 10.2 Å². The summed E-state index contributed by atoms with van der Waals surface area (Å²) in [6.07, 6.45) is 2.57. The Hall–Kier alpha value is -2.56. The van der Waals surface area contributed by atoms with E-state index in [0.717, 1.165) is 28.8 Å². The maximum Gasteiger partial charge on any atom is 0.322 e. The Morgan fingerprint density at radius 1 is 1.22 bits per heavy atom. The summed E-state index contributed by atoms with van der Waals surface area (Å²) in [5, 5.41) is 3.07. The zero-order chi connectivity index (χ0) is 19.9. The molecule has 2 atom stereocenters. The molecule has 3 amide bonds. The molecule has 5 heteroatoms. The molecule has 2 heterocycles. The fraction of sp³-hybridized carbons (Fsp3) is 0.455. The van der Waals surface area contributed by atoms with Crippen LogP contribution >= 0.6 is 0 Å². The molecule has 2 aliphatic heterocycles. The first kappa shape index (κ1) is 19.2. The van der Waals surface area contributed by atoms with E-state index in [2.05, 4.69) is 51.7 Å². The van der Waals surface area contributed by atoms with Crippen LogP contribution in [0.3, 0.4) is 0 Å². The van der Waals surface area contributed by atoms with Crippen LogP contribution in [-0.2, 0) is 4.79 Å². The van der Waals surface area contributed by atoms with E-state index in [1.165, 1.54) is 5.56 Å². The van der Waals surface area contributed by atoms with Crippen LogP contribution in [-0.4, -0.2) is 40.9 Å². The SMILES string of the molecule is C=CCN1C(=O)N[C@@H](c2cc(C)c(C)cc2C)C2=C1CN([C@@H](C)CC)C2=O. The molecule has 5 nitrogen and oxygen atoms in total. The average molecular weight is 367 g/mol. The first-order valence-electron chi connectivity index (χ1n) is 9.60. The second kappa shape index (κ2) is 7.22. The zero-order valence-electron chi connectivity index (χ0n) is 16.9. The molecule has 144 valence electrons. The number of hydrogen-bond donors (Lipinski definition) is 1. The van der Waals surface area contributed by atoms with Gasteiger partial charge in [0.05, 0.1) is 23.9 Å². The highest BCUT2D eigenvalue weighted by Crippen LogP contribution is 2.38. The third-order valence-electron chi connectivity index (χ3n) is 5.88. The summed E-state index contributed by atoms with van der Waals surface area (Å²) in [5.41, 5.74) is 5.96. The third kappa shape index (κ3) is 3.15. The minimum atomic E-state index is -0.408. The minimum Gasteiger partial charge on any atom is -0.330 e. The van der Waals surface area contributed by atoms with Gasteiger partial charge >= 0.3 is 6.03 Å².